The molecule has 84 valence electrons. The molecule has 4 aliphatic rings. The molecule has 4 saturated carbocycles. The van der Waals surface area contributed by atoms with E-state index in [2.05, 4.69) is 22.9 Å². The minimum absolute atomic E-state index is 0.0353. The van der Waals surface area contributed by atoms with Crippen molar-refractivity contribution < 1.29 is 4.79 Å². The number of rotatable bonds is 1. The summed E-state index contributed by atoms with van der Waals surface area (Å²) in [5.41, 5.74) is 0.0353. The molecule has 0 aliphatic heterocycles. The second-order valence-corrected chi connectivity index (χ2v) is 7.83. The Balaban J connectivity index is 2.07. The zero-order valence-electron chi connectivity index (χ0n) is 9.55. The predicted octanol–water partition coefficient (Wildman–Crippen LogP) is 3.56. The van der Waals surface area contributed by atoms with Crippen LogP contribution in [-0.4, -0.2) is 10.1 Å². The lowest BCUT2D eigenvalue weighted by molar-refractivity contribution is -0.148. The molecule has 15 heavy (non-hydrogen) atoms. The molecule has 4 aliphatic carbocycles. The SMILES string of the molecule is CC(=O)C12CC3CC(CC(Br)(C3)C1C)C2. The number of halogens is 1. The summed E-state index contributed by atoms with van der Waals surface area (Å²) in [5, 5.41) is 0. The Morgan fingerprint density at radius 2 is 1.73 bits per heavy atom. The van der Waals surface area contributed by atoms with Crippen molar-refractivity contribution in [2.75, 3.05) is 0 Å². The summed E-state index contributed by atoms with van der Waals surface area (Å²) in [6.07, 6.45) is 6.34. The van der Waals surface area contributed by atoms with Gasteiger partial charge in [-0.05, 0) is 56.8 Å². The molecule has 0 heterocycles. The maximum Gasteiger partial charge on any atom is 0.136 e. The second kappa shape index (κ2) is 2.88. The van der Waals surface area contributed by atoms with Gasteiger partial charge < -0.3 is 0 Å². The summed E-state index contributed by atoms with van der Waals surface area (Å²) < 4.78 is 0.294. The van der Waals surface area contributed by atoms with E-state index in [0.29, 0.717) is 16.0 Å². The van der Waals surface area contributed by atoms with E-state index in [-0.39, 0.29) is 5.41 Å². The lowest BCUT2D eigenvalue weighted by Gasteiger charge is -2.63. The number of carbonyl (C=O) groups excluding carboxylic acids is 1. The number of alkyl halides is 1. The van der Waals surface area contributed by atoms with Crippen LogP contribution in [0.25, 0.3) is 0 Å². The molecule has 0 radical (unpaired) electrons. The van der Waals surface area contributed by atoms with Gasteiger partial charge >= 0.3 is 0 Å². The fraction of sp³-hybridized carbons (Fsp3) is 0.923. The first kappa shape index (κ1) is 10.3. The lowest BCUT2D eigenvalue weighted by Crippen LogP contribution is -2.61. The molecular weight excluding hydrogens is 252 g/mol. The minimum Gasteiger partial charge on any atom is -0.299 e. The van der Waals surface area contributed by atoms with Gasteiger partial charge in [0.15, 0.2) is 0 Å². The van der Waals surface area contributed by atoms with Crippen molar-refractivity contribution in [1.29, 1.82) is 0 Å². The Bertz CT molecular complexity index is 308. The predicted molar refractivity (Wildman–Crippen MR) is 64.0 cm³/mol. The largest absolute Gasteiger partial charge is 0.299 e. The average molecular weight is 271 g/mol. The molecule has 0 aromatic rings. The highest BCUT2D eigenvalue weighted by Gasteiger charge is 2.62. The molecule has 0 spiro atoms. The lowest BCUT2D eigenvalue weighted by atomic mass is 9.44. The van der Waals surface area contributed by atoms with Crippen LogP contribution in [0, 0.1) is 23.2 Å². The molecule has 4 bridgehead atoms. The number of carbonyl (C=O) groups is 1. The first-order valence-corrected chi connectivity index (χ1v) is 6.95. The molecule has 3 atom stereocenters. The normalized spacial score (nSPS) is 57.1. The molecule has 0 aromatic heterocycles. The highest BCUT2D eigenvalue weighted by Crippen LogP contribution is 2.67. The van der Waals surface area contributed by atoms with Crippen LogP contribution < -0.4 is 0 Å². The van der Waals surface area contributed by atoms with Crippen molar-refractivity contribution >= 4 is 21.7 Å². The fourth-order valence-electron chi connectivity index (χ4n) is 4.90. The summed E-state index contributed by atoms with van der Waals surface area (Å²) in [6.45, 7) is 4.12. The molecule has 4 fully saturated rings. The smallest absolute Gasteiger partial charge is 0.136 e. The Morgan fingerprint density at radius 1 is 1.20 bits per heavy atom. The molecule has 0 N–H and O–H groups in total. The van der Waals surface area contributed by atoms with E-state index < -0.39 is 0 Å². The monoisotopic (exact) mass is 270 g/mol. The maximum atomic E-state index is 12.0. The van der Waals surface area contributed by atoms with Gasteiger partial charge in [0.1, 0.15) is 5.78 Å². The molecule has 1 nitrogen and oxygen atoms in total. The Labute approximate surface area is 100 Å². The van der Waals surface area contributed by atoms with Gasteiger partial charge in [0.2, 0.25) is 0 Å². The van der Waals surface area contributed by atoms with Gasteiger partial charge in [-0.25, -0.2) is 0 Å². The summed E-state index contributed by atoms with van der Waals surface area (Å²) >= 11 is 3.97. The topological polar surface area (TPSA) is 17.1 Å². The maximum absolute atomic E-state index is 12.0. The molecule has 0 amide bonds. The summed E-state index contributed by atoms with van der Waals surface area (Å²) in [5.74, 6) is 2.62. The molecule has 3 unspecified atom stereocenters. The number of hydrogen-bond donors (Lipinski definition) is 0. The van der Waals surface area contributed by atoms with Crippen LogP contribution >= 0.6 is 15.9 Å². The molecule has 4 rings (SSSR count). The summed E-state index contributed by atoms with van der Waals surface area (Å²) in [4.78, 5) is 12.0. The highest BCUT2D eigenvalue weighted by molar-refractivity contribution is 9.10. The third kappa shape index (κ3) is 1.18. The van der Waals surface area contributed by atoms with Crippen molar-refractivity contribution in [1.82, 2.24) is 0 Å². The van der Waals surface area contributed by atoms with E-state index in [0.717, 1.165) is 11.8 Å². The van der Waals surface area contributed by atoms with Gasteiger partial charge in [0, 0.05) is 9.74 Å². The van der Waals surface area contributed by atoms with Gasteiger partial charge in [-0.15, -0.1) is 0 Å². The van der Waals surface area contributed by atoms with Crippen LogP contribution in [0.1, 0.15) is 46.0 Å². The van der Waals surface area contributed by atoms with Crippen molar-refractivity contribution in [3.05, 3.63) is 0 Å². The Hall–Kier alpha value is 0.150. The van der Waals surface area contributed by atoms with Crippen molar-refractivity contribution in [3.8, 4) is 0 Å². The van der Waals surface area contributed by atoms with Gasteiger partial charge in [-0.1, -0.05) is 22.9 Å². The molecule has 0 aromatic carbocycles. The first-order valence-electron chi connectivity index (χ1n) is 6.16. The van der Waals surface area contributed by atoms with E-state index in [1.54, 1.807) is 0 Å². The fourth-order valence-corrected chi connectivity index (χ4v) is 6.25. The zero-order valence-corrected chi connectivity index (χ0v) is 11.1. The zero-order chi connectivity index (χ0) is 10.8. The highest BCUT2D eigenvalue weighted by atomic mass is 79.9. The first-order chi connectivity index (χ1) is 6.96. The van der Waals surface area contributed by atoms with Crippen LogP contribution in [0.4, 0.5) is 0 Å². The quantitative estimate of drug-likeness (QED) is 0.666. The van der Waals surface area contributed by atoms with Gasteiger partial charge in [0.05, 0.1) is 0 Å². The molecule has 0 saturated heterocycles. The van der Waals surface area contributed by atoms with Crippen molar-refractivity contribution in [3.63, 3.8) is 0 Å². The standard InChI is InChI=1S/C13H19BrO/c1-8-12(9(2)15)4-10-3-11(5-12)7-13(8,14)6-10/h8,10-11H,3-7H2,1-2H3. The van der Waals surface area contributed by atoms with Gasteiger partial charge in [0.25, 0.3) is 0 Å². The van der Waals surface area contributed by atoms with Crippen LogP contribution in [0.2, 0.25) is 0 Å². The van der Waals surface area contributed by atoms with Crippen LogP contribution in [0.15, 0.2) is 0 Å². The van der Waals surface area contributed by atoms with Crippen LogP contribution in [0.5, 0.6) is 0 Å². The van der Waals surface area contributed by atoms with E-state index in [4.69, 9.17) is 0 Å². The van der Waals surface area contributed by atoms with Gasteiger partial charge in [-0.3, -0.25) is 4.79 Å². The molecule has 2 heteroatoms. The van der Waals surface area contributed by atoms with Crippen molar-refractivity contribution in [2.24, 2.45) is 23.2 Å². The van der Waals surface area contributed by atoms with Crippen LogP contribution in [0.3, 0.4) is 0 Å². The van der Waals surface area contributed by atoms with E-state index in [9.17, 15) is 4.79 Å². The number of Topliss-reactive ketones (excluding diaryl/α,β-unsaturated/α-hetero) is 1. The number of hydrogen-bond acceptors (Lipinski definition) is 1. The van der Waals surface area contributed by atoms with E-state index in [1.165, 1.54) is 32.1 Å². The third-order valence-electron chi connectivity index (χ3n) is 5.53. The Kier molecular flexibility index (Phi) is 1.98. The third-order valence-corrected chi connectivity index (χ3v) is 6.87. The summed E-state index contributed by atoms with van der Waals surface area (Å²) in [7, 11) is 0. The summed E-state index contributed by atoms with van der Waals surface area (Å²) in [6, 6.07) is 0. The van der Waals surface area contributed by atoms with Gasteiger partial charge in [-0.2, -0.15) is 0 Å². The van der Waals surface area contributed by atoms with E-state index >= 15 is 0 Å². The second-order valence-electron chi connectivity index (χ2n) is 6.25. The Morgan fingerprint density at radius 3 is 2.20 bits per heavy atom. The average Bonchev–Trinajstić information content (AvgIpc) is 2.12. The molecular formula is C13H19BrO. The number of ketones is 1. The van der Waals surface area contributed by atoms with Crippen LogP contribution in [-0.2, 0) is 4.79 Å². The minimum atomic E-state index is 0.0353. The van der Waals surface area contributed by atoms with Crippen molar-refractivity contribution in [2.45, 2.75) is 50.3 Å². The van der Waals surface area contributed by atoms with E-state index in [1.807, 2.05) is 6.92 Å².